The van der Waals surface area contributed by atoms with E-state index < -0.39 is 0 Å². The number of ether oxygens (including phenoxy) is 1. The smallest absolute Gasteiger partial charge is 0.0656 e. The molecule has 1 spiro atoms. The molecule has 0 aliphatic heterocycles. The van der Waals surface area contributed by atoms with Gasteiger partial charge < -0.3 is 4.74 Å². The fourth-order valence-electron chi connectivity index (χ4n) is 4.51. The van der Waals surface area contributed by atoms with Gasteiger partial charge in [0.25, 0.3) is 0 Å². The van der Waals surface area contributed by atoms with Gasteiger partial charge in [0.15, 0.2) is 0 Å². The molecule has 2 atom stereocenters. The van der Waals surface area contributed by atoms with Crippen LogP contribution in [0.15, 0.2) is 0 Å². The molecule has 0 radical (unpaired) electrons. The third-order valence-electron chi connectivity index (χ3n) is 6.04. The molecule has 19 heavy (non-hydrogen) atoms. The molecule has 0 aromatic carbocycles. The van der Waals surface area contributed by atoms with E-state index >= 15 is 0 Å². The predicted octanol–water partition coefficient (Wildman–Crippen LogP) is 5.46. The third kappa shape index (κ3) is 2.90. The average molecular weight is 329 g/mol. The quantitative estimate of drug-likeness (QED) is 0.611. The highest BCUT2D eigenvalue weighted by Crippen LogP contribution is 2.56. The van der Waals surface area contributed by atoms with Crippen LogP contribution in [0, 0.1) is 11.3 Å². The second-order valence-electron chi connectivity index (χ2n) is 7.36. The Morgan fingerprint density at radius 2 is 1.58 bits per heavy atom. The van der Waals surface area contributed by atoms with E-state index in [9.17, 15) is 0 Å². The summed E-state index contributed by atoms with van der Waals surface area (Å²) < 4.78 is 6.56. The van der Waals surface area contributed by atoms with E-state index in [2.05, 4.69) is 22.9 Å². The lowest BCUT2D eigenvalue weighted by Crippen LogP contribution is -2.56. The first-order chi connectivity index (χ1) is 9.21. The van der Waals surface area contributed by atoms with Gasteiger partial charge in [-0.15, -0.1) is 0 Å². The van der Waals surface area contributed by atoms with Gasteiger partial charge in [0.05, 0.1) is 12.2 Å². The Morgan fingerprint density at radius 1 is 0.947 bits per heavy atom. The van der Waals surface area contributed by atoms with Gasteiger partial charge in [0, 0.05) is 10.2 Å². The Morgan fingerprint density at radius 3 is 2.16 bits per heavy atom. The molecule has 0 aromatic rings. The number of halogens is 1. The van der Waals surface area contributed by atoms with Crippen molar-refractivity contribution in [2.75, 3.05) is 0 Å². The number of alkyl halides is 1. The SMILES string of the molecule is CC1CCC(OC2CC(Br)C23CCCCCC3)CC1. The van der Waals surface area contributed by atoms with Gasteiger partial charge in [0.2, 0.25) is 0 Å². The number of hydrogen-bond acceptors (Lipinski definition) is 1. The molecule has 0 saturated heterocycles. The Hall–Kier alpha value is 0.440. The molecule has 3 fully saturated rings. The molecule has 3 saturated carbocycles. The minimum Gasteiger partial charge on any atom is -0.374 e. The summed E-state index contributed by atoms with van der Waals surface area (Å²) in [7, 11) is 0. The molecular weight excluding hydrogens is 300 g/mol. The van der Waals surface area contributed by atoms with Crippen molar-refractivity contribution >= 4 is 15.9 Å². The number of hydrogen-bond donors (Lipinski definition) is 0. The van der Waals surface area contributed by atoms with Crippen LogP contribution in [-0.4, -0.2) is 17.0 Å². The molecule has 0 aromatic heterocycles. The Labute approximate surface area is 127 Å². The van der Waals surface area contributed by atoms with Crippen molar-refractivity contribution in [1.29, 1.82) is 0 Å². The summed E-state index contributed by atoms with van der Waals surface area (Å²) in [5.74, 6) is 0.928. The summed E-state index contributed by atoms with van der Waals surface area (Å²) in [6.45, 7) is 2.39. The summed E-state index contributed by atoms with van der Waals surface area (Å²) in [6, 6.07) is 0. The van der Waals surface area contributed by atoms with Crippen LogP contribution in [0.2, 0.25) is 0 Å². The largest absolute Gasteiger partial charge is 0.374 e. The molecule has 3 aliphatic carbocycles. The van der Waals surface area contributed by atoms with E-state index in [1.165, 1.54) is 70.6 Å². The fraction of sp³-hybridized carbons (Fsp3) is 1.00. The zero-order valence-corrected chi connectivity index (χ0v) is 14.0. The zero-order chi connectivity index (χ0) is 13.3. The first-order valence-electron chi connectivity index (χ1n) is 8.50. The molecule has 0 N–H and O–H groups in total. The number of rotatable bonds is 2. The molecular formula is C17H29BrO. The first kappa shape index (κ1) is 14.4. The first-order valence-corrected chi connectivity index (χ1v) is 9.42. The maximum atomic E-state index is 6.56. The summed E-state index contributed by atoms with van der Waals surface area (Å²) in [4.78, 5) is 0.727. The van der Waals surface area contributed by atoms with Crippen LogP contribution in [0.5, 0.6) is 0 Å². The van der Waals surface area contributed by atoms with Crippen molar-refractivity contribution in [3.05, 3.63) is 0 Å². The Balaban J connectivity index is 1.58. The minimum absolute atomic E-state index is 0.500. The molecule has 3 rings (SSSR count). The fourth-order valence-corrected chi connectivity index (χ4v) is 5.60. The van der Waals surface area contributed by atoms with Gasteiger partial charge in [-0.2, -0.15) is 0 Å². The van der Waals surface area contributed by atoms with Crippen LogP contribution in [0.1, 0.15) is 77.6 Å². The summed E-state index contributed by atoms with van der Waals surface area (Å²) in [5.41, 5.74) is 0.500. The Bertz CT molecular complexity index is 288. The summed E-state index contributed by atoms with van der Waals surface area (Å²) >= 11 is 3.95. The summed E-state index contributed by atoms with van der Waals surface area (Å²) in [6.07, 6.45) is 16.3. The second-order valence-corrected chi connectivity index (χ2v) is 8.46. The zero-order valence-electron chi connectivity index (χ0n) is 12.4. The van der Waals surface area contributed by atoms with Gasteiger partial charge in [0.1, 0.15) is 0 Å². The lowest BCUT2D eigenvalue weighted by atomic mass is 9.61. The van der Waals surface area contributed by atoms with Gasteiger partial charge in [-0.1, -0.05) is 48.5 Å². The van der Waals surface area contributed by atoms with E-state index in [1.54, 1.807) is 0 Å². The highest BCUT2D eigenvalue weighted by atomic mass is 79.9. The van der Waals surface area contributed by atoms with Crippen molar-refractivity contribution < 1.29 is 4.74 Å². The van der Waals surface area contributed by atoms with Crippen LogP contribution in [0.4, 0.5) is 0 Å². The second kappa shape index (κ2) is 6.05. The van der Waals surface area contributed by atoms with Crippen molar-refractivity contribution in [3.63, 3.8) is 0 Å². The van der Waals surface area contributed by atoms with Gasteiger partial charge in [-0.3, -0.25) is 0 Å². The average Bonchev–Trinajstić information content (AvgIpc) is 2.68. The van der Waals surface area contributed by atoms with Gasteiger partial charge in [-0.05, 0) is 50.9 Å². The van der Waals surface area contributed by atoms with Gasteiger partial charge >= 0.3 is 0 Å². The van der Waals surface area contributed by atoms with Crippen molar-refractivity contribution in [1.82, 2.24) is 0 Å². The monoisotopic (exact) mass is 328 g/mol. The summed E-state index contributed by atoms with van der Waals surface area (Å²) in [5, 5.41) is 0. The molecule has 0 bridgehead atoms. The van der Waals surface area contributed by atoms with Crippen molar-refractivity contribution in [3.8, 4) is 0 Å². The lowest BCUT2D eigenvalue weighted by Gasteiger charge is -2.55. The maximum absolute atomic E-state index is 6.56. The van der Waals surface area contributed by atoms with E-state index in [0.29, 0.717) is 17.6 Å². The van der Waals surface area contributed by atoms with Gasteiger partial charge in [-0.25, -0.2) is 0 Å². The van der Waals surface area contributed by atoms with Crippen LogP contribution < -0.4 is 0 Å². The van der Waals surface area contributed by atoms with E-state index in [0.717, 1.165) is 10.7 Å². The minimum atomic E-state index is 0.500. The van der Waals surface area contributed by atoms with E-state index in [-0.39, 0.29) is 0 Å². The van der Waals surface area contributed by atoms with Crippen molar-refractivity contribution in [2.45, 2.75) is 94.6 Å². The van der Waals surface area contributed by atoms with Crippen LogP contribution in [0.25, 0.3) is 0 Å². The maximum Gasteiger partial charge on any atom is 0.0656 e. The normalized spacial score (nSPS) is 42.6. The molecule has 110 valence electrons. The topological polar surface area (TPSA) is 9.23 Å². The van der Waals surface area contributed by atoms with E-state index in [1.807, 2.05) is 0 Å². The highest BCUT2D eigenvalue weighted by Gasteiger charge is 2.54. The molecule has 0 heterocycles. The van der Waals surface area contributed by atoms with Crippen molar-refractivity contribution in [2.24, 2.45) is 11.3 Å². The predicted molar refractivity (Wildman–Crippen MR) is 83.8 cm³/mol. The molecule has 0 amide bonds. The third-order valence-corrected chi connectivity index (χ3v) is 7.33. The molecule has 3 aliphatic rings. The molecule has 1 nitrogen and oxygen atoms in total. The lowest BCUT2D eigenvalue weighted by molar-refractivity contribution is -0.151. The van der Waals surface area contributed by atoms with E-state index in [4.69, 9.17) is 4.74 Å². The molecule has 2 unspecified atom stereocenters. The highest BCUT2D eigenvalue weighted by molar-refractivity contribution is 9.09. The molecule has 2 heteroatoms. The van der Waals surface area contributed by atoms with Crippen LogP contribution >= 0.6 is 15.9 Å². The Kier molecular flexibility index (Phi) is 4.58. The standard InChI is InChI=1S/C17H29BrO/c1-13-6-8-14(9-7-13)19-16-12-15(18)17(16)10-4-2-3-5-11-17/h13-16H,2-12H2,1H3. The van der Waals surface area contributed by atoms with Crippen LogP contribution in [0.3, 0.4) is 0 Å². The van der Waals surface area contributed by atoms with Crippen LogP contribution in [-0.2, 0) is 4.74 Å².